The van der Waals surface area contributed by atoms with Crippen molar-refractivity contribution in [3.8, 4) is 5.75 Å². The number of carbonyl (C=O) groups is 3. The van der Waals surface area contributed by atoms with Crippen molar-refractivity contribution < 1.29 is 19.1 Å². The predicted molar refractivity (Wildman–Crippen MR) is 122 cm³/mol. The molecule has 1 unspecified atom stereocenters. The summed E-state index contributed by atoms with van der Waals surface area (Å²) in [7, 11) is 1.61. The van der Waals surface area contributed by atoms with E-state index in [9.17, 15) is 14.4 Å². The van der Waals surface area contributed by atoms with Gasteiger partial charge in [-0.2, -0.15) is 0 Å². The van der Waals surface area contributed by atoms with E-state index in [1.54, 1.807) is 14.0 Å². The molecule has 1 atom stereocenters. The largest absolute Gasteiger partial charge is 0.497 e. The standard InChI is InChI=1S/C25H29N3O4/c1-25(20-10-8-19-15-21(32-2)11-9-18(19)14-20)23(30)28(24(31)27-25)16-22(29)26-13-12-17-6-4-3-5-7-17/h6,8-11,14-15H,3-5,7,12-13,16H2,1-2H3,(H,26,29)(H,27,31). The highest BCUT2D eigenvalue weighted by atomic mass is 16.5. The van der Waals surface area contributed by atoms with E-state index in [2.05, 4.69) is 16.7 Å². The second-order valence-electron chi connectivity index (χ2n) is 8.58. The molecule has 4 amide bonds. The lowest BCUT2D eigenvalue weighted by Crippen LogP contribution is -2.43. The summed E-state index contributed by atoms with van der Waals surface area (Å²) >= 11 is 0. The van der Waals surface area contributed by atoms with E-state index in [0.717, 1.165) is 40.7 Å². The molecule has 1 aliphatic carbocycles. The molecule has 0 aromatic heterocycles. The molecule has 4 rings (SSSR count). The van der Waals surface area contributed by atoms with Gasteiger partial charge in [-0.3, -0.25) is 14.5 Å². The summed E-state index contributed by atoms with van der Waals surface area (Å²) in [5, 5.41) is 7.51. The van der Waals surface area contributed by atoms with E-state index in [0.29, 0.717) is 12.1 Å². The van der Waals surface area contributed by atoms with E-state index >= 15 is 0 Å². The third-order valence-electron chi connectivity index (χ3n) is 6.35. The van der Waals surface area contributed by atoms with Gasteiger partial charge in [0.1, 0.15) is 17.8 Å². The van der Waals surface area contributed by atoms with Crippen molar-refractivity contribution in [2.24, 2.45) is 0 Å². The molecule has 1 aliphatic heterocycles. The van der Waals surface area contributed by atoms with Crippen LogP contribution in [0.4, 0.5) is 4.79 Å². The van der Waals surface area contributed by atoms with Crippen LogP contribution in [0.5, 0.6) is 5.75 Å². The Balaban J connectivity index is 1.42. The third kappa shape index (κ3) is 4.33. The van der Waals surface area contributed by atoms with Gasteiger partial charge in [0.2, 0.25) is 5.91 Å². The lowest BCUT2D eigenvalue weighted by atomic mass is 9.90. The summed E-state index contributed by atoms with van der Waals surface area (Å²) in [6, 6.07) is 10.7. The first kappa shape index (κ1) is 21.9. The summed E-state index contributed by atoms with van der Waals surface area (Å²) in [6.07, 6.45) is 7.67. The first-order chi connectivity index (χ1) is 15.4. The highest BCUT2D eigenvalue weighted by molar-refractivity contribution is 6.09. The fourth-order valence-corrected chi connectivity index (χ4v) is 4.39. The predicted octanol–water partition coefficient (Wildman–Crippen LogP) is 3.62. The van der Waals surface area contributed by atoms with E-state index in [4.69, 9.17) is 4.74 Å². The van der Waals surface area contributed by atoms with Gasteiger partial charge in [-0.05, 0) is 73.6 Å². The Morgan fingerprint density at radius 1 is 1.16 bits per heavy atom. The second kappa shape index (κ2) is 9.02. The average molecular weight is 436 g/mol. The van der Waals surface area contributed by atoms with Gasteiger partial charge in [-0.1, -0.05) is 29.8 Å². The van der Waals surface area contributed by atoms with Gasteiger partial charge < -0.3 is 15.4 Å². The Morgan fingerprint density at radius 3 is 2.69 bits per heavy atom. The number of allylic oxidation sites excluding steroid dienone is 1. The normalized spacial score (nSPS) is 20.8. The Hall–Kier alpha value is -3.35. The van der Waals surface area contributed by atoms with Crippen LogP contribution < -0.4 is 15.4 Å². The summed E-state index contributed by atoms with van der Waals surface area (Å²) in [6.45, 7) is 1.90. The average Bonchev–Trinajstić information content (AvgIpc) is 3.02. The maximum absolute atomic E-state index is 13.2. The van der Waals surface area contributed by atoms with Crippen LogP contribution in [0.15, 0.2) is 48.0 Å². The number of hydrogen-bond acceptors (Lipinski definition) is 4. The molecule has 1 saturated heterocycles. The van der Waals surface area contributed by atoms with Crippen LogP contribution in [0.1, 0.15) is 44.6 Å². The summed E-state index contributed by atoms with van der Waals surface area (Å²) < 4.78 is 5.26. The summed E-state index contributed by atoms with van der Waals surface area (Å²) in [5.74, 6) is -0.0149. The number of hydrogen-bond donors (Lipinski definition) is 2. The molecule has 0 bridgehead atoms. The number of carbonyl (C=O) groups excluding carboxylic acids is 3. The Bertz CT molecular complexity index is 1090. The van der Waals surface area contributed by atoms with Gasteiger partial charge in [0, 0.05) is 6.54 Å². The first-order valence-electron chi connectivity index (χ1n) is 11.1. The molecule has 1 heterocycles. The van der Waals surface area contributed by atoms with Crippen molar-refractivity contribution in [1.29, 1.82) is 0 Å². The second-order valence-corrected chi connectivity index (χ2v) is 8.58. The van der Waals surface area contributed by atoms with Crippen molar-refractivity contribution >= 4 is 28.6 Å². The molecule has 2 N–H and O–H groups in total. The molecule has 0 radical (unpaired) electrons. The molecule has 2 aromatic carbocycles. The van der Waals surface area contributed by atoms with Crippen LogP contribution in [0.3, 0.4) is 0 Å². The fraction of sp³-hybridized carbons (Fsp3) is 0.400. The van der Waals surface area contributed by atoms with E-state index < -0.39 is 17.5 Å². The Kier molecular flexibility index (Phi) is 6.17. The highest BCUT2D eigenvalue weighted by Gasteiger charge is 2.49. The maximum atomic E-state index is 13.2. The number of fused-ring (bicyclic) bond motifs is 1. The topological polar surface area (TPSA) is 87.7 Å². The minimum absolute atomic E-state index is 0.288. The minimum Gasteiger partial charge on any atom is -0.497 e. The van der Waals surface area contributed by atoms with Crippen LogP contribution in [0.25, 0.3) is 10.8 Å². The smallest absolute Gasteiger partial charge is 0.325 e. The number of nitrogens with zero attached hydrogens (tertiary/aromatic N) is 1. The number of ether oxygens (including phenoxy) is 1. The molecule has 32 heavy (non-hydrogen) atoms. The number of imide groups is 1. The summed E-state index contributed by atoms with van der Waals surface area (Å²) in [5.41, 5.74) is 0.812. The zero-order valence-corrected chi connectivity index (χ0v) is 18.6. The molecule has 2 aliphatic rings. The van der Waals surface area contributed by atoms with E-state index in [1.165, 1.54) is 18.4 Å². The fourth-order valence-electron chi connectivity index (χ4n) is 4.39. The van der Waals surface area contributed by atoms with E-state index in [1.807, 2.05) is 36.4 Å². The Labute approximate surface area is 187 Å². The number of urea groups is 1. The van der Waals surface area contributed by atoms with Gasteiger partial charge in [0.05, 0.1) is 7.11 Å². The highest BCUT2D eigenvalue weighted by Crippen LogP contribution is 2.32. The third-order valence-corrected chi connectivity index (χ3v) is 6.35. The number of methoxy groups -OCH3 is 1. The Morgan fingerprint density at radius 2 is 1.94 bits per heavy atom. The van der Waals surface area contributed by atoms with Crippen molar-refractivity contribution in [3.05, 3.63) is 53.6 Å². The van der Waals surface area contributed by atoms with Gasteiger partial charge >= 0.3 is 6.03 Å². The molecule has 2 aromatic rings. The number of amides is 4. The molecule has 0 spiro atoms. The summed E-state index contributed by atoms with van der Waals surface area (Å²) in [4.78, 5) is 39.1. The van der Waals surface area contributed by atoms with Gasteiger partial charge in [-0.25, -0.2) is 4.79 Å². The number of nitrogens with one attached hydrogen (secondary N) is 2. The van der Waals surface area contributed by atoms with Crippen molar-refractivity contribution in [1.82, 2.24) is 15.5 Å². The van der Waals surface area contributed by atoms with Crippen LogP contribution in [0.2, 0.25) is 0 Å². The van der Waals surface area contributed by atoms with Crippen LogP contribution in [-0.4, -0.2) is 42.9 Å². The van der Waals surface area contributed by atoms with Crippen LogP contribution in [0, 0.1) is 0 Å². The van der Waals surface area contributed by atoms with Gasteiger partial charge in [0.25, 0.3) is 5.91 Å². The number of rotatable bonds is 7. The molecular weight excluding hydrogens is 406 g/mol. The number of benzene rings is 2. The maximum Gasteiger partial charge on any atom is 0.325 e. The molecule has 7 nitrogen and oxygen atoms in total. The zero-order chi connectivity index (χ0) is 22.7. The molecule has 1 fully saturated rings. The monoisotopic (exact) mass is 435 g/mol. The minimum atomic E-state index is -1.22. The van der Waals surface area contributed by atoms with Crippen molar-refractivity contribution in [3.63, 3.8) is 0 Å². The van der Waals surface area contributed by atoms with E-state index in [-0.39, 0.29) is 12.5 Å². The lowest BCUT2D eigenvalue weighted by Gasteiger charge is -2.22. The first-order valence-corrected chi connectivity index (χ1v) is 11.1. The van der Waals surface area contributed by atoms with Crippen molar-refractivity contribution in [2.75, 3.05) is 20.2 Å². The molecular formula is C25H29N3O4. The van der Waals surface area contributed by atoms with Gasteiger partial charge in [-0.15, -0.1) is 0 Å². The van der Waals surface area contributed by atoms with Crippen LogP contribution in [-0.2, 0) is 15.1 Å². The van der Waals surface area contributed by atoms with Crippen LogP contribution >= 0.6 is 0 Å². The molecule has 7 heteroatoms. The molecule has 0 saturated carbocycles. The zero-order valence-electron chi connectivity index (χ0n) is 18.6. The van der Waals surface area contributed by atoms with Gasteiger partial charge in [0.15, 0.2) is 0 Å². The quantitative estimate of drug-likeness (QED) is 0.514. The molecule has 168 valence electrons. The van der Waals surface area contributed by atoms with Crippen molar-refractivity contribution in [2.45, 2.75) is 44.6 Å². The lowest BCUT2D eigenvalue weighted by molar-refractivity contribution is -0.134. The SMILES string of the molecule is COc1ccc2cc(C3(C)NC(=O)N(CC(=O)NCCC4=CCCCC4)C3=O)ccc2c1.